The number of aliphatic hydroxyl groups is 3. The van der Waals surface area contributed by atoms with Gasteiger partial charge in [-0.05, 0) is 48.1 Å². The van der Waals surface area contributed by atoms with E-state index in [2.05, 4.69) is 0 Å². The van der Waals surface area contributed by atoms with Crippen LogP contribution in [-0.2, 0) is 20.8 Å². The zero-order valence-electron chi connectivity index (χ0n) is 21.0. The van der Waals surface area contributed by atoms with Gasteiger partial charge in [0.15, 0.2) is 11.4 Å². The van der Waals surface area contributed by atoms with Crippen LogP contribution in [0.4, 0.5) is 10.1 Å². The molecule has 39 heavy (non-hydrogen) atoms. The maximum absolute atomic E-state index is 13.7. The highest BCUT2D eigenvalue weighted by Crippen LogP contribution is 2.54. The standard InChI is InChI=1S/C28H25FN2O8/c1-31(2)17-10-15(11-4-3-5-12(6-11)26(29)37)22(33)20-16(17)8-13-7-14-9-18(32)21(27(30)38)25(36)28(14,39)24(35)19(13)23(20)34/h3-6,10,13-14,33-34,36,39H,7-9H2,1-2H3,(H2,30,38)/t13-,14+,28+/m1/s1. The van der Waals surface area contributed by atoms with Crippen LogP contribution in [0.2, 0.25) is 0 Å². The predicted molar refractivity (Wildman–Crippen MR) is 137 cm³/mol. The van der Waals surface area contributed by atoms with E-state index in [1.165, 1.54) is 24.3 Å². The van der Waals surface area contributed by atoms with Crippen molar-refractivity contribution in [2.24, 2.45) is 17.6 Å². The van der Waals surface area contributed by atoms with E-state index in [1.807, 2.05) is 0 Å². The Hall–Kier alpha value is -4.51. The van der Waals surface area contributed by atoms with Gasteiger partial charge in [-0.15, -0.1) is 0 Å². The van der Waals surface area contributed by atoms with Crippen LogP contribution in [0.3, 0.4) is 0 Å². The fraction of sp³-hybridized carbons (Fsp3) is 0.286. The molecule has 1 saturated carbocycles. The van der Waals surface area contributed by atoms with Crippen LogP contribution in [0.5, 0.6) is 5.75 Å². The molecule has 1 amide bonds. The van der Waals surface area contributed by atoms with Crippen LogP contribution in [0.15, 0.2) is 47.2 Å². The van der Waals surface area contributed by atoms with Crippen LogP contribution >= 0.6 is 0 Å². The number of anilines is 1. The zero-order valence-corrected chi connectivity index (χ0v) is 21.0. The summed E-state index contributed by atoms with van der Waals surface area (Å²) in [5.74, 6) is -7.16. The molecular formula is C28H25FN2O8. The summed E-state index contributed by atoms with van der Waals surface area (Å²) in [4.78, 5) is 51.1. The van der Waals surface area contributed by atoms with Crippen molar-refractivity contribution in [3.63, 3.8) is 0 Å². The number of Topliss-reactive ketones (excluding diaryl/α,β-unsaturated/α-hetero) is 2. The van der Waals surface area contributed by atoms with Gasteiger partial charge in [-0.3, -0.25) is 19.2 Å². The molecule has 202 valence electrons. The molecule has 2 aromatic rings. The highest BCUT2D eigenvalue weighted by molar-refractivity contribution is 6.22. The van der Waals surface area contributed by atoms with Gasteiger partial charge in [-0.2, -0.15) is 4.39 Å². The van der Waals surface area contributed by atoms with Crippen LogP contribution in [0, 0.1) is 11.8 Å². The fourth-order valence-corrected chi connectivity index (χ4v) is 6.10. The summed E-state index contributed by atoms with van der Waals surface area (Å²) in [6, 6.07) is 5.43. The minimum absolute atomic E-state index is 0.0129. The smallest absolute Gasteiger partial charge is 0.332 e. The molecule has 3 aliphatic rings. The van der Waals surface area contributed by atoms with Crippen molar-refractivity contribution in [1.82, 2.24) is 0 Å². The lowest BCUT2D eigenvalue weighted by molar-refractivity contribution is -0.147. The molecule has 0 heterocycles. The molecule has 11 heteroatoms. The molecule has 5 rings (SSSR count). The Bertz CT molecular complexity index is 1570. The number of primary amides is 1. The molecule has 0 saturated heterocycles. The highest BCUT2D eigenvalue weighted by Gasteiger charge is 2.60. The number of carbonyl (C=O) groups is 4. The van der Waals surface area contributed by atoms with Gasteiger partial charge in [-0.1, -0.05) is 12.1 Å². The number of ketones is 2. The lowest BCUT2D eigenvalue weighted by Crippen LogP contribution is -2.58. The number of rotatable bonds is 4. The Balaban J connectivity index is 1.75. The number of hydrogen-bond donors (Lipinski definition) is 5. The number of carbonyl (C=O) groups excluding carboxylic acids is 4. The molecule has 0 aliphatic heterocycles. The van der Waals surface area contributed by atoms with E-state index in [0.29, 0.717) is 11.3 Å². The SMILES string of the molecule is CN(C)c1cc(-c2cccc(C(=O)F)c2)c(O)c2c1C[C@H]1C[C@H]3CC(=O)C(C(N)=O)=C(O)[C@@]3(O)C(=O)C1=C2O. The summed E-state index contributed by atoms with van der Waals surface area (Å²) >= 11 is 0. The Morgan fingerprint density at radius 2 is 1.79 bits per heavy atom. The Labute approximate surface area is 221 Å². The van der Waals surface area contributed by atoms with E-state index in [9.17, 15) is 44.0 Å². The number of amides is 1. The molecule has 10 nitrogen and oxygen atoms in total. The normalized spacial score (nSPS) is 24.2. The molecule has 3 atom stereocenters. The summed E-state index contributed by atoms with van der Waals surface area (Å²) in [5.41, 5.74) is 2.56. The lowest BCUT2D eigenvalue weighted by Gasteiger charge is -2.46. The molecule has 6 N–H and O–H groups in total. The Kier molecular flexibility index (Phi) is 5.87. The predicted octanol–water partition coefficient (Wildman–Crippen LogP) is 2.27. The molecule has 0 unspecified atom stereocenters. The zero-order chi connectivity index (χ0) is 28.5. The minimum atomic E-state index is -2.66. The second-order valence-corrected chi connectivity index (χ2v) is 10.3. The average Bonchev–Trinajstić information content (AvgIpc) is 2.86. The fourth-order valence-electron chi connectivity index (χ4n) is 6.10. The number of aromatic hydroxyl groups is 1. The second-order valence-electron chi connectivity index (χ2n) is 10.3. The number of benzene rings is 2. The van der Waals surface area contributed by atoms with Crippen LogP contribution in [0.1, 0.15) is 34.3 Å². The third kappa shape index (κ3) is 3.64. The van der Waals surface area contributed by atoms with Gasteiger partial charge < -0.3 is 31.1 Å². The van der Waals surface area contributed by atoms with Crippen molar-refractivity contribution in [3.05, 3.63) is 63.9 Å². The van der Waals surface area contributed by atoms with Gasteiger partial charge in [0.2, 0.25) is 5.78 Å². The third-order valence-electron chi connectivity index (χ3n) is 7.92. The van der Waals surface area contributed by atoms with E-state index in [4.69, 9.17) is 5.73 Å². The highest BCUT2D eigenvalue weighted by atomic mass is 19.1. The van der Waals surface area contributed by atoms with Gasteiger partial charge in [0.1, 0.15) is 22.8 Å². The Morgan fingerprint density at radius 1 is 1.10 bits per heavy atom. The quantitative estimate of drug-likeness (QED) is 0.289. The molecule has 2 aromatic carbocycles. The van der Waals surface area contributed by atoms with E-state index in [-0.39, 0.29) is 40.7 Å². The number of phenols is 1. The molecular weight excluding hydrogens is 511 g/mol. The molecule has 0 spiro atoms. The van der Waals surface area contributed by atoms with Crippen LogP contribution in [-0.4, -0.2) is 63.6 Å². The van der Waals surface area contributed by atoms with Crippen molar-refractivity contribution in [3.8, 4) is 16.9 Å². The Morgan fingerprint density at radius 3 is 2.41 bits per heavy atom. The molecule has 0 radical (unpaired) electrons. The van der Waals surface area contributed by atoms with E-state index >= 15 is 0 Å². The van der Waals surface area contributed by atoms with Gasteiger partial charge in [-0.25, -0.2) is 0 Å². The maximum Gasteiger partial charge on any atom is 0.332 e. The number of halogens is 1. The van der Waals surface area contributed by atoms with Crippen molar-refractivity contribution >= 4 is 35.0 Å². The molecule has 0 bridgehead atoms. The lowest BCUT2D eigenvalue weighted by atomic mass is 9.59. The maximum atomic E-state index is 13.7. The van der Waals surface area contributed by atoms with Crippen molar-refractivity contribution in [1.29, 1.82) is 0 Å². The molecule has 3 aliphatic carbocycles. The van der Waals surface area contributed by atoms with E-state index in [0.717, 1.165) is 0 Å². The number of aliphatic hydroxyl groups excluding tert-OH is 2. The molecule has 1 fully saturated rings. The first kappa shape index (κ1) is 26.1. The van der Waals surface area contributed by atoms with Gasteiger partial charge >= 0.3 is 6.04 Å². The van der Waals surface area contributed by atoms with Gasteiger partial charge in [0.05, 0.1) is 11.1 Å². The van der Waals surface area contributed by atoms with Crippen molar-refractivity contribution < 1.29 is 44.0 Å². The van der Waals surface area contributed by atoms with Crippen molar-refractivity contribution in [2.45, 2.75) is 24.9 Å². The number of fused-ring (bicyclic) bond motifs is 3. The first-order chi connectivity index (χ1) is 18.3. The van der Waals surface area contributed by atoms with Gasteiger partial charge in [0, 0.05) is 43.3 Å². The van der Waals surface area contributed by atoms with Crippen molar-refractivity contribution in [2.75, 3.05) is 19.0 Å². The van der Waals surface area contributed by atoms with E-state index < -0.39 is 70.2 Å². The first-order valence-electron chi connectivity index (χ1n) is 12.1. The topological polar surface area (TPSA) is 178 Å². The number of hydrogen-bond acceptors (Lipinski definition) is 9. The monoisotopic (exact) mass is 536 g/mol. The summed E-state index contributed by atoms with van der Waals surface area (Å²) in [6.45, 7) is 0. The number of nitrogens with zero attached hydrogens (tertiary/aromatic N) is 1. The van der Waals surface area contributed by atoms with Crippen LogP contribution < -0.4 is 10.6 Å². The number of phenolic OH excluding ortho intramolecular Hbond substituents is 1. The summed E-state index contributed by atoms with van der Waals surface area (Å²) in [7, 11) is 3.46. The first-order valence-corrected chi connectivity index (χ1v) is 12.1. The number of nitrogens with two attached hydrogens (primary N) is 1. The summed E-state index contributed by atoms with van der Waals surface area (Å²) in [6.07, 6.45) is -0.256. The third-order valence-corrected chi connectivity index (χ3v) is 7.92. The van der Waals surface area contributed by atoms with Crippen LogP contribution in [0.25, 0.3) is 16.9 Å². The largest absolute Gasteiger partial charge is 0.508 e. The van der Waals surface area contributed by atoms with E-state index in [1.54, 1.807) is 25.1 Å². The summed E-state index contributed by atoms with van der Waals surface area (Å²) < 4.78 is 13.4. The summed E-state index contributed by atoms with van der Waals surface area (Å²) in [5, 5.41) is 44.9. The van der Waals surface area contributed by atoms with Gasteiger partial charge in [0.25, 0.3) is 5.91 Å². The average molecular weight is 537 g/mol. The minimum Gasteiger partial charge on any atom is -0.508 e. The second kappa shape index (κ2) is 8.77. The molecule has 0 aromatic heterocycles.